The molecule has 2 fully saturated rings. The van der Waals surface area contributed by atoms with Crippen LogP contribution in [0.1, 0.15) is 68.2 Å². The highest BCUT2D eigenvalue weighted by Crippen LogP contribution is 2.30. The van der Waals surface area contributed by atoms with E-state index in [9.17, 15) is 18.8 Å². The van der Waals surface area contributed by atoms with Crippen molar-refractivity contribution in [2.24, 2.45) is 5.73 Å². The van der Waals surface area contributed by atoms with Crippen LogP contribution in [0.4, 0.5) is 15.8 Å². The third-order valence-corrected chi connectivity index (χ3v) is 8.49. The van der Waals surface area contributed by atoms with Gasteiger partial charge < -0.3 is 26.2 Å². The van der Waals surface area contributed by atoms with E-state index in [2.05, 4.69) is 25.1 Å². The lowest BCUT2D eigenvalue weighted by molar-refractivity contribution is 0.0766. The number of carbonyl (C=O) groups is 3. The molecule has 216 valence electrons. The number of benzene rings is 2. The Labute approximate surface area is 242 Å². The average Bonchev–Trinajstić information content (AvgIpc) is 3.25. The van der Waals surface area contributed by atoms with Crippen LogP contribution in [0.15, 0.2) is 42.5 Å². The van der Waals surface area contributed by atoms with E-state index in [1.165, 1.54) is 18.2 Å². The third-order valence-electron chi connectivity index (χ3n) is 7.67. The lowest BCUT2D eigenvalue weighted by atomic mass is 9.91. The summed E-state index contributed by atoms with van der Waals surface area (Å²) in [4.78, 5) is 43.6. The summed E-state index contributed by atoms with van der Waals surface area (Å²) in [6.45, 7) is 3.79. The molecule has 1 aromatic heterocycles. The molecule has 1 aliphatic carbocycles. The van der Waals surface area contributed by atoms with Gasteiger partial charge in [0.15, 0.2) is 0 Å². The van der Waals surface area contributed by atoms with Gasteiger partial charge >= 0.3 is 0 Å². The van der Waals surface area contributed by atoms with Crippen LogP contribution in [-0.2, 0) is 0 Å². The highest BCUT2D eigenvalue weighted by Gasteiger charge is 2.25. The van der Waals surface area contributed by atoms with Crippen LogP contribution in [0.25, 0.3) is 0 Å². The SMILES string of the molecule is Cc1nnsc1C(=O)Nc1cc(C(=O)NC2CCC(N)CC2)ccc1N1CCCN(C(=O)c2cccc(F)c2)CC1. The summed E-state index contributed by atoms with van der Waals surface area (Å²) in [6, 6.07) is 11.3. The number of rotatable bonds is 6. The van der Waals surface area contributed by atoms with Crippen molar-refractivity contribution in [3.63, 3.8) is 0 Å². The van der Waals surface area contributed by atoms with E-state index in [1.54, 1.807) is 30.0 Å². The number of amides is 3. The number of aryl methyl sites for hydroxylation is 1. The fraction of sp³-hybridized carbons (Fsp3) is 0.414. The fourth-order valence-electron chi connectivity index (χ4n) is 5.37. The Bertz CT molecular complexity index is 1420. The Kier molecular flexibility index (Phi) is 8.89. The van der Waals surface area contributed by atoms with Gasteiger partial charge in [-0.3, -0.25) is 14.4 Å². The number of carbonyl (C=O) groups excluding carboxylic acids is 3. The van der Waals surface area contributed by atoms with E-state index in [4.69, 9.17) is 5.73 Å². The van der Waals surface area contributed by atoms with Crippen LogP contribution < -0.4 is 21.3 Å². The van der Waals surface area contributed by atoms with Gasteiger partial charge in [0.25, 0.3) is 17.7 Å². The van der Waals surface area contributed by atoms with Gasteiger partial charge in [-0.15, -0.1) is 5.10 Å². The van der Waals surface area contributed by atoms with Crippen LogP contribution in [0.2, 0.25) is 0 Å². The topological polar surface area (TPSA) is 134 Å². The van der Waals surface area contributed by atoms with Crippen molar-refractivity contribution in [2.45, 2.75) is 51.1 Å². The zero-order valence-corrected chi connectivity index (χ0v) is 23.8. The van der Waals surface area contributed by atoms with Crippen molar-refractivity contribution >= 4 is 40.6 Å². The number of halogens is 1. The molecule has 1 saturated carbocycles. The molecule has 1 saturated heterocycles. The minimum atomic E-state index is -0.449. The fourth-order valence-corrected chi connectivity index (χ4v) is 5.92. The third kappa shape index (κ3) is 6.88. The van der Waals surface area contributed by atoms with E-state index in [-0.39, 0.29) is 29.8 Å². The highest BCUT2D eigenvalue weighted by molar-refractivity contribution is 7.08. The molecule has 4 N–H and O–H groups in total. The predicted molar refractivity (Wildman–Crippen MR) is 156 cm³/mol. The maximum atomic E-state index is 13.7. The molecule has 41 heavy (non-hydrogen) atoms. The smallest absolute Gasteiger partial charge is 0.269 e. The van der Waals surface area contributed by atoms with Gasteiger partial charge in [0.1, 0.15) is 10.7 Å². The molecule has 10 nitrogen and oxygen atoms in total. The molecule has 2 aliphatic rings. The lowest BCUT2D eigenvalue weighted by Crippen LogP contribution is -2.40. The van der Waals surface area contributed by atoms with Crippen molar-refractivity contribution in [1.29, 1.82) is 0 Å². The van der Waals surface area contributed by atoms with Crippen molar-refractivity contribution < 1.29 is 18.8 Å². The second kappa shape index (κ2) is 12.7. The summed E-state index contributed by atoms with van der Waals surface area (Å²) in [5.74, 6) is -1.22. The summed E-state index contributed by atoms with van der Waals surface area (Å²) in [7, 11) is 0. The first-order valence-corrected chi connectivity index (χ1v) is 14.7. The maximum Gasteiger partial charge on any atom is 0.269 e. The second-order valence-electron chi connectivity index (χ2n) is 10.6. The number of nitrogens with one attached hydrogen (secondary N) is 2. The van der Waals surface area contributed by atoms with Crippen LogP contribution in [0, 0.1) is 12.7 Å². The molecular weight excluding hydrogens is 545 g/mol. The van der Waals surface area contributed by atoms with E-state index >= 15 is 0 Å². The minimum absolute atomic E-state index is 0.0677. The largest absolute Gasteiger partial charge is 0.368 e. The molecule has 0 radical (unpaired) electrons. The summed E-state index contributed by atoms with van der Waals surface area (Å²) in [5, 5.41) is 10.0. The number of nitrogens with two attached hydrogens (primary N) is 1. The first-order chi connectivity index (χ1) is 19.8. The molecule has 3 aromatic rings. The van der Waals surface area contributed by atoms with Gasteiger partial charge in [-0.2, -0.15) is 0 Å². The van der Waals surface area contributed by atoms with E-state index in [1.807, 2.05) is 6.07 Å². The Balaban J connectivity index is 1.36. The maximum absolute atomic E-state index is 13.7. The van der Waals surface area contributed by atoms with Gasteiger partial charge in [-0.05, 0) is 87.0 Å². The van der Waals surface area contributed by atoms with Crippen molar-refractivity contribution in [2.75, 3.05) is 36.4 Å². The normalized spacial score (nSPS) is 19.4. The summed E-state index contributed by atoms with van der Waals surface area (Å²) in [6.07, 6.45) is 4.11. The minimum Gasteiger partial charge on any atom is -0.368 e. The number of anilines is 2. The predicted octanol–water partition coefficient (Wildman–Crippen LogP) is 3.59. The molecule has 1 aliphatic heterocycles. The molecule has 12 heteroatoms. The first kappa shape index (κ1) is 28.6. The van der Waals surface area contributed by atoms with Crippen molar-refractivity contribution in [3.05, 3.63) is 70.0 Å². The van der Waals surface area contributed by atoms with Crippen LogP contribution in [0.3, 0.4) is 0 Å². The van der Waals surface area contributed by atoms with E-state index < -0.39 is 5.82 Å². The van der Waals surface area contributed by atoms with Crippen molar-refractivity contribution in [1.82, 2.24) is 19.8 Å². The van der Waals surface area contributed by atoms with Gasteiger partial charge in [0.2, 0.25) is 0 Å². The molecule has 5 rings (SSSR count). The van der Waals surface area contributed by atoms with Crippen LogP contribution in [0.5, 0.6) is 0 Å². The Hall–Kier alpha value is -3.90. The number of aromatic nitrogens is 2. The number of nitrogens with zero attached hydrogens (tertiary/aromatic N) is 4. The van der Waals surface area contributed by atoms with Gasteiger partial charge in [0, 0.05) is 49.4 Å². The van der Waals surface area contributed by atoms with E-state index in [0.717, 1.165) is 42.9 Å². The van der Waals surface area contributed by atoms with Crippen molar-refractivity contribution in [3.8, 4) is 0 Å². The number of hydrogen-bond donors (Lipinski definition) is 3. The molecule has 2 aromatic carbocycles. The van der Waals surface area contributed by atoms with Gasteiger partial charge in [-0.25, -0.2) is 4.39 Å². The Morgan fingerprint density at radius 1 is 0.976 bits per heavy atom. The molecule has 2 heterocycles. The molecule has 0 unspecified atom stereocenters. The summed E-state index contributed by atoms with van der Waals surface area (Å²) < 4.78 is 17.6. The molecule has 0 atom stereocenters. The average molecular weight is 580 g/mol. The Morgan fingerprint density at radius 2 is 1.78 bits per heavy atom. The van der Waals surface area contributed by atoms with Crippen LogP contribution in [-0.4, -0.2) is 70.5 Å². The highest BCUT2D eigenvalue weighted by atomic mass is 32.1. The van der Waals surface area contributed by atoms with Crippen LogP contribution >= 0.6 is 11.5 Å². The molecular formula is C29H34FN7O3S. The summed E-state index contributed by atoms with van der Waals surface area (Å²) >= 11 is 1.01. The standard InChI is InChI=1S/C29H34FN7O3S/c1-18-26(41-35-34-18)28(39)33-24-17-19(27(38)32-23-9-7-22(31)8-10-23)6-11-25(24)36-12-3-13-37(15-14-36)29(40)20-4-2-5-21(30)16-20/h2,4-6,11,16-17,22-23H,3,7-10,12-15,31H2,1H3,(H,32,38)(H,33,39). The van der Waals surface area contributed by atoms with Gasteiger partial charge in [-0.1, -0.05) is 10.6 Å². The quantitative estimate of drug-likeness (QED) is 0.406. The Morgan fingerprint density at radius 3 is 2.51 bits per heavy atom. The molecule has 3 amide bonds. The lowest BCUT2D eigenvalue weighted by Gasteiger charge is -2.28. The monoisotopic (exact) mass is 579 g/mol. The first-order valence-electron chi connectivity index (χ1n) is 13.9. The van der Waals surface area contributed by atoms with Gasteiger partial charge in [0.05, 0.1) is 17.1 Å². The molecule has 0 spiro atoms. The number of hydrogen-bond acceptors (Lipinski definition) is 8. The molecule has 0 bridgehead atoms. The zero-order valence-electron chi connectivity index (χ0n) is 22.9. The van der Waals surface area contributed by atoms with E-state index in [0.29, 0.717) is 60.0 Å². The zero-order chi connectivity index (χ0) is 28.9. The summed E-state index contributed by atoms with van der Waals surface area (Å²) in [5.41, 5.74) is 8.53. The second-order valence-corrected chi connectivity index (χ2v) is 11.4.